The molecule has 1 aromatic carbocycles. The highest BCUT2D eigenvalue weighted by molar-refractivity contribution is 7.92. The molecule has 0 aliphatic heterocycles. The molecule has 0 atom stereocenters. The van der Waals surface area contributed by atoms with Crippen molar-refractivity contribution in [2.45, 2.75) is 4.90 Å². The van der Waals surface area contributed by atoms with Crippen molar-refractivity contribution >= 4 is 33.2 Å². The summed E-state index contributed by atoms with van der Waals surface area (Å²) in [4.78, 5) is 14.0. The zero-order chi connectivity index (χ0) is 16.3. The maximum absolute atomic E-state index is 12.3. The molecular weight excluding hydrogens is 330 g/mol. The Bertz CT molecular complexity index is 801. The van der Waals surface area contributed by atoms with Crippen LogP contribution in [0.15, 0.2) is 35.4 Å². The summed E-state index contributed by atoms with van der Waals surface area (Å²) in [5, 5.41) is 2.68. The van der Waals surface area contributed by atoms with E-state index in [1.807, 2.05) is 0 Å². The number of carbonyl (C=O) groups is 1. The predicted molar refractivity (Wildman–Crippen MR) is 83.0 cm³/mol. The second kappa shape index (κ2) is 6.29. The Morgan fingerprint density at radius 1 is 1.32 bits per heavy atom. The van der Waals surface area contributed by atoms with Crippen molar-refractivity contribution in [1.29, 1.82) is 0 Å². The normalized spacial score (nSPS) is 11.0. The number of hydrogen-bond donors (Lipinski definition) is 3. The Balaban J connectivity index is 2.26. The van der Waals surface area contributed by atoms with Gasteiger partial charge in [-0.1, -0.05) is 11.6 Å². The molecule has 1 amide bonds. The molecule has 1 heterocycles. The number of halogens is 1. The van der Waals surface area contributed by atoms with Crippen molar-refractivity contribution in [2.75, 3.05) is 18.9 Å². The van der Waals surface area contributed by atoms with Crippen LogP contribution >= 0.6 is 11.6 Å². The third-order valence-electron chi connectivity index (χ3n) is 2.84. The number of amides is 1. The van der Waals surface area contributed by atoms with E-state index in [-0.39, 0.29) is 21.3 Å². The van der Waals surface area contributed by atoms with E-state index in [0.29, 0.717) is 5.75 Å². The third kappa shape index (κ3) is 3.34. The number of ether oxygens (including phenoxy) is 1. The molecule has 0 radical (unpaired) electrons. The lowest BCUT2D eigenvalue weighted by molar-refractivity contribution is 0.0958. The number of aromatic amines is 1. The summed E-state index contributed by atoms with van der Waals surface area (Å²) in [6.45, 7) is 0. The minimum Gasteiger partial charge on any atom is -0.495 e. The van der Waals surface area contributed by atoms with Crippen molar-refractivity contribution in [1.82, 2.24) is 10.3 Å². The number of benzene rings is 1. The number of nitrogens with one attached hydrogen (secondary N) is 3. The summed E-state index contributed by atoms with van der Waals surface area (Å²) in [7, 11) is -0.914. The van der Waals surface area contributed by atoms with E-state index < -0.39 is 15.9 Å². The second-order valence-electron chi connectivity index (χ2n) is 4.28. The first kappa shape index (κ1) is 16.2. The van der Waals surface area contributed by atoms with Crippen molar-refractivity contribution in [3.8, 4) is 5.75 Å². The molecule has 9 heteroatoms. The molecule has 0 saturated heterocycles. The van der Waals surface area contributed by atoms with Crippen molar-refractivity contribution < 1.29 is 17.9 Å². The van der Waals surface area contributed by atoms with Crippen LogP contribution in [0.5, 0.6) is 5.75 Å². The lowest BCUT2D eigenvalue weighted by Gasteiger charge is -2.08. The van der Waals surface area contributed by atoms with Gasteiger partial charge in [0.05, 0.1) is 17.8 Å². The van der Waals surface area contributed by atoms with Crippen LogP contribution < -0.4 is 14.8 Å². The van der Waals surface area contributed by atoms with Crippen LogP contribution in [0.4, 0.5) is 5.69 Å². The van der Waals surface area contributed by atoms with E-state index in [9.17, 15) is 13.2 Å². The van der Waals surface area contributed by atoms with E-state index >= 15 is 0 Å². The molecule has 2 rings (SSSR count). The maximum atomic E-state index is 12.3. The van der Waals surface area contributed by atoms with Crippen molar-refractivity contribution in [2.24, 2.45) is 0 Å². The number of rotatable bonds is 5. The number of aromatic nitrogens is 1. The average Bonchev–Trinajstić information content (AvgIpc) is 2.97. The maximum Gasteiger partial charge on any atom is 0.267 e. The number of H-pyrrole nitrogens is 1. The molecule has 0 aliphatic carbocycles. The summed E-state index contributed by atoms with van der Waals surface area (Å²) in [6, 6.07) is 5.75. The number of methoxy groups -OCH3 is 1. The molecule has 1 aromatic heterocycles. The second-order valence-corrected chi connectivity index (χ2v) is 6.37. The quantitative estimate of drug-likeness (QED) is 0.771. The van der Waals surface area contributed by atoms with E-state index in [0.717, 1.165) is 0 Å². The first-order chi connectivity index (χ1) is 10.4. The highest BCUT2D eigenvalue weighted by Gasteiger charge is 2.18. The standard InChI is InChI=1S/C13H14ClN3O4S/c1-15-13(18)11-6-9(7-16-11)22(19,20)17-8-3-4-12(21-2)10(14)5-8/h3-7,16-17H,1-2H3,(H,15,18). The largest absolute Gasteiger partial charge is 0.495 e. The highest BCUT2D eigenvalue weighted by Crippen LogP contribution is 2.28. The third-order valence-corrected chi connectivity index (χ3v) is 4.50. The van der Waals surface area contributed by atoms with Gasteiger partial charge in [0.2, 0.25) is 0 Å². The summed E-state index contributed by atoms with van der Waals surface area (Å²) < 4.78 is 31.9. The van der Waals surface area contributed by atoms with Crippen LogP contribution in [-0.4, -0.2) is 33.5 Å². The van der Waals surface area contributed by atoms with Gasteiger partial charge in [-0.3, -0.25) is 9.52 Å². The first-order valence-corrected chi connectivity index (χ1v) is 8.00. The minimum atomic E-state index is -3.83. The van der Waals surface area contributed by atoms with Crippen LogP contribution in [0.3, 0.4) is 0 Å². The fraction of sp³-hybridized carbons (Fsp3) is 0.154. The van der Waals surface area contributed by atoms with Gasteiger partial charge in [0, 0.05) is 13.2 Å². The van der Waals surface area contributed by atoms with Gasteiger partial charge in [0.1, 0.15) is 16.3 Å². The van der Waals surface area contributed by atoms with Crippen LogP contribution in [0.2, 0.25) is 5.02 Å². The van der Waals surface area contributed by atoms with Crippen LogP contribution in [0, 0.1) is 0 Å². The Morgan fingerprint density at radius 2 is 2.05 bits per heavy atom. The first-order valence-electron chi connectivity index (χ1n) is 6.14. The predicted octanol–water partition coefficient (Wildman–Crippen LogP) is 1.84. The molecule has 0 bridgehead atoms. The Labute approximate surface area is 132 Å². The van der Waals surface area contributed by atoms with Gasteiger partial charge in [0.15, 0.2) is 0 Å². The molecule has 118 valence electrons. The molecule has 0 fully saturated rings. The summed E-state index contributed by atoms with van der Waals surface area (Å²) >= 11 is 5.95. The minimum absolute atomic E-state index is 0.0574. The zero-order valence-corrected chi connectivity index (χ0v) is 13.4. The number of hydrogen-bond acceptors (Lipinski definition) is 4. The van der Waals surface area contributed by atoms with E-state index in [1.165, 1.54) is 38.6 Å². The molecule has 7 nitrogen and oxygen atoms in total. The van der Waals surface area contributed by atoms with E-state index in [1.54, 1.807) is 6.07 Å². The Kier molecular flexibility index (Phi) is 4.62. The average molecular weight is 344 g/mol. The van der Waals surface area contributed by atoms with Gasteiger partial charge in [-0.05, 0) is 24.3 Å². The van der Waals surface area contributed by atoms with Gasteiger partial charge in [-0.2, -0.15) is 0 Å². The van der Waals surface area contributed by atoms with Crippen molar-refractivity contribution in [3.63, 3.8) is 0 Å². The Morgan fingerprint density at radius 3 is 2.64 bits per heavy atom. The number of carbonyl (C=O) groups excluding carboxylic acids is 1. The summed E-state index contributed by atoms with van der Waals surface area (Å²) in [5.74, 6) is 0.0297. The van der Waals surface area contributed by atoms with Crippen LogP contribution in [-0.2, 0) is 10.0 Å². The zero-order valence-electron chi connectivity index (χ0n) is 11.8. The summed E-state index contributed by atoms with van der Waals surface area (Å²) in [5.41, 5.74) is 0.434. The molecule has 0 unspecified atom stereocenters. The van der Waals surface area contributed by atoms with Gasteiger partial charge < -0.3 is 15.0 Å². The summed E-state index contributed by atoms with van der Waals surface area (Å²) in [6.07, 6.45) is 1.23. The van der Waals surface area contributed by atoms with Gasteiger partial charge in [0.25, 0.3) is 15.9 Å². The number of sulfonamides is 1. The van der Waals surface area contributed by atoms with Gasteiger partial charge in [-0.15, -0.1) is 0 Å². The lowest BCUT2D eigenvalue weighted by Crippen LogP contribution is -2.18. The molecular formula is C13H14ClN3O4S. The van der Waals surface area contributed by atoms with E-state index in [2.05, 4.69) is 15.0 Å². The topological polar surface area (TPSA) is 100 Å². The monoisotopic (exact) mass is 343 g/mol. The Hall–Kier alpha value is -2.19. The fourth-order valence-electron chi connectivity index (χ4n) is 1.74. The lowest BCUT2D eigenvalue weighted by atomic mass is 10.3. The van der Waals surface area contributed by atoms with Crippen LogP contribution in [0.25, 0.3) is 0 Å². The smallest absolute Gasteiger partial charge is 0.267 e. The van der Waals surface area contributed by atoms with Gasteiger partial charge >= 0.3 is 0 Å². The van der Waals surface area contributed by atoms with Crippen LogP contribution in [0.1, 0.15) is 10.5 Å². The molecule has 0 saturated carbocycles. The van der Waals surface area contributed by atoms with Gasteiger partial charge in [-0.25, -0.2) is 8.42 Å². The molecule has 0 spiro atoms. The molecule has 2 aromatic rings. The molecule has 3 N–H and O–H groups in total. The molecule has 0 aliphatic rings. The number of anilines is 1. The highest BCUT2D eigenvalue weighted by atomic mass is 35.5. The SMILES string of the molecule is CNC(=O)c1cc(S(=O)(=O)Nc2ccc(OC)c(Cl)c2)c[nH]1. The molecule has 22 heavy (non-hydrogen) atoms. The van der Waals surface area contributed by atoms with E-state index in [4.69, 9.17) is 16.3 Å². The fourth-order valence-corrected chi connectivity index (χ4v) is 3.04. The van der Waals surface area contributed by atoms with Crippen molar-refractivity contribution in [3.05, 3.63) is 41.2 Å².